The van der Waals surface area contributed by atoms with E-state index in [9.17, 15) is 4.79 Å². The maximum Gasteiger partial charge on any atom is 0.315 e. The number of thioether (sulfide) groups is 1. The maximum absolute atomic E-state index is 11.0. The van der Waals surface area contributed by atoms with Crippen LogP contribution in [0.25, 0.3) is 10.4 Å². The number of nitrogens with zero attached hydrogens (tertiary/aromatic N) is 1. The molecule has 0 unspecified atom stereocenters. The average Bonchev–Trinajstić information content (AvgIpc) is 2.88. The van der Waals surface area contributed by atoms with E-state index in [0.29, 0.717) is 17.5 Å². The number of ether oxygens (including phenoxy) is 1. The van der Waals surface area contributed by atoms with E-state index in [4.69, 9.17) is 17.3 Å². The van der Waals surface area contributed by atoms with Crippen molar-refractivity contribution in [2.75, 3.05) is 12.9 Å². The summed E-state index contributed by atoms with van der Waals surface area (Å²) < 4.78 is 8.74. The second kappa shape index (κ2) is 7.79. The van der Waals surface area contributed by atoms with Gasteiger partial charge >= 0.3 is 5.97 Å². The van der Waals surface area contributed by atoms with E-state index in [1.54, 1.807) is 0 Å². The van der Waals surface area contributed by atoms with Gasteiger partial charge in [-0.3, -0.25) is 4.79 Å². The summed E-state index contributed by atoms with van der Waals surface area (Å²) in [7, 11) is 1.40. The van der Waals surface area contributed by atoms with Crippen LogP contribution in [0.3, 0.4) is 0 Å². The molecular weight excluding hydrogens is 328 g/mol. The van der Waals surface area contributed by atoms with Crippen molar-refractivity contribution in [3.63, 3.8) is 0 Å². The Morgan fingerprint density at radius 2 is 2.14 bits per heavy atom. The van der Waals surface area contributed by atoms with Crippen LogP contribution in [0.5, 0.6) is 0 Å². The zero-order valence-electron chi connectivity index (χ0n) is 11.5. The molecule has 0 radical (unpaired) electrons. The summed E-state index contributed by atoms with van der Waals surface area (Å²) in [4.78, 5) is 12.1. The molecule has 7 heteroatoms. The molecule has 2 rings (SSSR count). The van der Waals surface area contributed by atoms with Gasteiger partial charge in [0.05, 0.1) is 17.7 Å². The summed E-state index contributed by atoms with van der Waals surface area (Å²) in [6, 6.07) is 8.12. The zero-order chi connectivity index (χ0) is 15.2. The molecule has 0 bridgehead atoms. The largest absolute Gasteiger partial charge is 0.468 e. The van der Waals surface area contributed by atoms with Crippen LogP contribution in [0, 0.1) is 0 Å². The Balaban J connectivity index is 2.03. The van der Waals surface area contributed by atoms with Crippen molar-refractivity contribution in [1.29, 1.82) is 0 Å². The minimum Gasteiger partial charge on any atom is -0.468 e. The molecule has 21 heavy (non-hydrogen) atoms. The van der Waals surface area contributed by atoms with Gasteiger partial charge in [0.25, 0.3) is 0 Å². The molecule has 1 aromatic carbocycles. The Hall–Kier alpha value is -1.08. The number of hydrogen-bond acceptors (Lipinski definition) is 6. The lowest BCUT2D eigenvalue weighted by Gasteiger charge is -2.04. The molecule has 1 aromatic heterocycles. The predicted octanol–water partition coefficient (Wildman–Crippen LogP) is 3.33. The maximum atomic E-state index is 11.0. The number of benzene rings is 1. The molecule has 0 aliphatic rings. The number of halogens is 1. The van der Waals surface area contributed by atoms with Gasteiger partial charge < -0.3 is 10.5 Å². The van der Waals surface area contributed by atoms with Gasteiger partial charge in [0.15, 0.2) is 0 Å². The lowest BCUT2D eigenvalue weighted by atomic mass is 10.1. The Bertz CT molecular complexity index is 614. The van der Waals surface area contributed by atoms with Crippen LogP contribution in [0.4, 0.5) is 0 Å². The fourth-order valence-electron chi connectivity index (χ4n) is 1.76. The van der Waals surface area contributed by atoms with E-state index < -0.39 is 0 Å². The summed E-state index contributed by atoms with van der Waals surface area (Å²) in [5.41, 5.74) is 8.80. The van der Waals surface area contributed by atoms with Crippen molar-refractivity contribution in [3.8, 4) is 10.4 Å². The number of methoxy groups -OCH3 is 1. The van der Waals surface area contributed by atoms with E-state index in [0.717, 1.165) is 27.3 Å². The van der Waals surface area contributed by atoms with Gasteiger partial charge in [-0.05, 0) is 22.7 Å². The Kier molecular flexibility index (Phi) is 6.05. The first kappa shape index (κ1) is 16.3. The van der Waals surface area contributed by atoms with Crippen molar-refractivity contribution < 1.29 is 9.53 Å². The molecule has 0 saturated carbocycles. The van der Waals surface area contributed by atoms with E-state index in [1.165, 1.54) is 30.4 Å². The van der Waals surface area contributed by atoms with E-state index in [2.05, 4.69) is 9.11 Å². The Morgan fingerprint density at radius 1 is 1.43 bits per heavy atom. The molecular formula is C14H15ClN2O2S2. The molecule has 112 valence electrons. The highest BCUT2D eigenvalue weighted by Crippen LogP contribution is 2.33. The minimum atomic E-state index is -0.205. The number of aromatic nitrogens is 1. The van der Waals surface area contributed by atoms with Gasteiger partial charge in [0, 0.05) is 17.9 Å². The van der Waals surface area contributed by atoms with Crippen LogP contribution in [0.1, 0.15) is 11.1 Å². The first-order valence-electron chi connectivity index (χ1n) is 6.23. The second-order valence-electron chi connectivity index (χ2n) is 4.25. The lowest BCUT2D eigenvalue weighted by Crippen LogP contribution is -2.03. The second-order valence-corrected chi connectivity index (χ2v) is 6.37. The van der Waals surface area contributed by atoms with Crippen LogP contribution >= 0.6 is 34.9 Å². The monoisotopic (exact) mass is 342 g/mol. The standard InChI is InChI=1S/C14H15ClN2O2S2/c1-19-12(18)8-20-7-9-2-4-10(5-3-9)13-11(6-16)14(15)17-21-13/h2-5H,6-8,16H2,1H3. The third kappa shape index (κ3) is 4.20. The van der Waals surface area contributed by atoms with Crippen molar-refractivity contribution in [1.82, 2.24) is 4.37 Å². The van der Waals surface area contributed by atoms with Gasteiger partial charge in [-0.15, -0.1) is 11.8 Å². The highest BCUT2D eigenvalue weighted by molar-refractivity contribution is 7.99. The molecule has 0 spiro atoms. The predicted molar refractivity (Wildman–Crippen MR) is 88.6 cm³/mol. The SMILES string of the molecule is COC(=O)CSCc1ccc(-c2snc(Cl)c2CN)cc1. The topological polar surface area (TPSA) is 65.2 Å². The third-order valence-corrected chi connectivity index (χ3v) is 5.21. The fraction of sp³-hybridized carbons (Fsp3) is 0.286. The van der Waals surface area contributed by atoms with E-state index in [-0.39, 0.29) is 5.97 Å². The fourth-order valence-corrected chi connectivity index (χ4v) is 3.72. The molecule has 0 fully saturated rings. The van der Waals surface area contributed by atoms with Crippen molar-refractivity contribution in [2.24, 2.45) is 5.73 Å². The van der Waals surface area contributed by atoms with Gasteiger partial charge in [0.2, 0.25) is 0 Å². The first-order valence-corrected chi connectivity index (χ1v) is 8.54. The van der Waals surface area contributed by atoms with E-state index >= 15 is 0 Å². The third-order valence-electron chi connectivity index (χ3n) is 2.88. The van der Waals surface area contributed by atoms with Gasteiger partial charge in [0.1, 0.15) is 5.15 Å². The molecule has 4 nitrogen and oxygen atoms in total. The lowest BCUT2D eigenvalue weighted by molar-refractivity contribution is -0.137. The Morgan fingerprint density at radius 3 is 2.76 bits per heavy atom. The summed E-state index contributed by atoms with van der Waals surface area (Å²) in [6.45, 7) is 0.376. The summed E-state index contributed by atoms with van der Waals surface area (Å²) in [5, 5.41) is 0.482. The molecule has 2 N–H and O–H groups in total. The molecule has 1 heterocycles. The van der Waals surface area contributed by atoms with Crippen LogP contribution in [-0.2, 0) is 21.8 Å². The molecule has 0 aliphatic carbocycles. The highest BCUT2D eigenvalue weighted by Gasteiger charge is 2.12. The van der Waals surface area contributed by atoms with Crippen molar-refractivity contribution in [3.05, 3.63) is 40.5 Å². The average molecular weight is 343 g/mol. The summed E-state index contributed by atoms with van der Waals surface area (Å²) in [5.74, 6) is 0.922. The number of carbonyl (C=O) groups excluding carboxylic acids is 1. The van der Waals surface area contributed by atoms with Crippen LogP contribution in [-0.4, -0.2) is 23.2 Å². The highest BCUT2D eigenvalue weighted by atomic mass is 35.5. The Labute approximate surface area is 136 Å². The molecule has 0 atom stereocenters. The van der Waals surface area contributed by atoms with Gasteiger partial charge in [-0.2, -0.15) is 4.37 Å². The summed E-state index contributed by atoms with van der Waals surface area (Å²) >= 11 is 8.89. The van der Waals surface area contributed by atoms with Crippen LogP contribution in [0.15, 0.2) is 24.3 Å². The normalized spacial score (nSPS) is 10.6. The number of hydrogen-bond donors (Lipinski definition) is 1. The zero-order valence-corrected chi connectivity index (χ0v) is 13.9. The van der Waals surface area contributed by atoms with Crippen molar-refractivity contribution in [2.45, 2.75) is 12.3 Å². The van der Waals surface area contributed by atoms with Crippen LogP contribution < -0.4 is 5.73 Å². The minimum absolute atomic E-state index is 0.205. The molecule has 0 saturated heterocycles. The van der Waals surface area contributed by atoms with Crippen LogP contribution in [0.2, 0.25) is 5.15 Å². The number of nitrogens with two attached hydrogens (primary N) is 1. The first-order chi connectivity index (χ1) is 10.2. The summed E-state index contributed by atoms with van der Waals surface area (Å²) in [6.07, 6.45) is 0. The van der Waals surface area contributed by atoms with Crippen molar-refractivity contribution >= 4 is 40.9 Å². The molecule has 0 amide bonds. The smallest absolute Gasteiger partial charge is 0.315 e. The molecule has 0 aliphatic heterocycles. The van der Waals surface area contributed by atoms with Gasteiger partial charge in [-0.1, -0.05) is 35.9 Å². The number of esters is 1. The molecule has 2 aromatic rings. The van der Waals surface area contributed by atoms with Gasteiger partial charge in [-0.25, -0.2) is 0 Å². The number of carbonyl (C=O) groups is 1. The number of rotatable bonds is 6. The quantitative estimate of drug-likeness (QED) is 0.816. The van der Waals surface area contributed by atoms with E-state index in [1.807, 2.05) is 24.3 Å².